The molecule has 170 valence electrons. The zero-order valence-corrected chi connectivity index (χ0v) is 20.8. The second-order valence-electron chi connectivity index (χ2n) is 9.56. The summed E-state index contributed by atoms with van der Waals surface area (Å²) >= 11 is 3.47. The molecule has 0 amide bonds. The van der Waals surface area contributed by atoms with E-state index in [0.29, 0.717) is 0 Å². The number of ether oxygens (including phenoxy) is 1. The fourth-order valence-corrected chi connectivity index (χ4v) is 5.37. The van der Waals surface area contributed by atoms with Crippen LogP contribution in [0.4, 0.5) is 5.69 Å². The molecule has 0 aromatic heterocycles. The average Bonchev–Trinajstić information content (AvgIpc) is 3.10. The van der Waals surface area contributed by atoms with Crippen molar-refractivity contribution in [3.8, 4) is 6.07 Å². The van der Waals surface area contributed by atoms with E-state index >= 15 is 0 Å². The van der Waals surface area contributed by atoms with Crippen molar-refractivity contribution in [3.63, 3.8) is 0 Å². The van der Waals surface area contributed by atoms with E-state index in [2.05, 4.69) is 22.0 Å². The lowest BCUT2D eigenvalue weighted by atomic mass is 9.67. The number of hydrogen-bond donors (Lipinski definition) is 0. The van der Waals surface area contributed by atoms with Crippen LogP contribution in [0.15, 0.2) is 59.1 Å². The molecule has 5 nitrogen and oxygen atoms in total. The van der Waals surface area contributed by atoms with Gasteiger partial charge >= 0.3 is 5.97 Å². The summed E-state index contributed by atoms with van der Waals surface area (Å²) in [6.07, 6.45) is 3.81. The number of rotatable bonds is 4. The molecule has 2 aliphatic rings. The number of esters is 1. The van der Waals surface area contributed by atoms with Gasteiger partial charge in [-0.05, 0) is 36.2 Å². The van der Waals surface area contributed by atoms with E-state index in [-0.39, 0.29) is 12.4 Å². The van der Waals surface area contributed by atoms with Gasteiger partial charge in [-0.2, -0.15) is 5.26 Å². The van der Waals surface area contributed by atoms with Gasteiger partial charge < -0.3 is 9.64 Å². The first-order valence-electron chi connectivity index (χ1n) is 11.1. The number of halogens is 1. The highest BCUT2D eigenvalue weighted by Crippen LogP contribution is 2.57. The summed E-state index contributed by atoms with van der Waals surface area (Å²) in [5.74, 6) is -1.32. The largest absolute Gasteiger partial charge is 0.465 e. The number of para-hydroxylation sites is 1. The number of nitriles is 1. The molecule has 0 unspecified atom stereocenters. The Morgan fingerprint density at radius 3 is 2.42 bits per heavy atom. The number of anilines is 1. The van der Waals surface area contributed by atoms with Crippen LogP contribution < -0.4 is 4.90 Å². The smallest absolute Gasteiger partial charge is 0.329 e. The van der Waals surface area contributed by atoms with Gasteiger partial charge in [-0.25, -0.2) is 0 Å². The van der Waals surface area contributed by atoms with Crippen molar-refractivity contribution >= 4 is 39.4 Å². The Labute approximate surface area is 203 Å². The molecule has 2 aromatic carbocycles. The van der Waals surface area contributed by atoms with Gasteiger partial charge in [0.1, 0.15) is 0 Å². The first kappa shape index (κ1) is 23.3. The van der Waals surface area contributed by atoms with Crippen LogP contribution in [0.3, 0.4) is 0 Å². The fourth-order valence-electron chi connectivity index (χ4n) is 5.10. The Morgan fingerprint density at radius 2 is 1.82 bits per heavy atom. The van der Waals surface area contributed by atoms with E-state index < -0.39 is 34.8 Å². The third kappa shape index (κ3) is 3.59. The first-order valence-corrected chi connectivity index (χ1v) is 11.9. The van der Waals surface area contributed by atoms with Crippen LogP contribution in [0.2, 0.25) is 0 Å². The van der Waals surface area contributed by atoms with Crippen LogP contribution >= 0.6 is 15.9 Å². The van der Waals surface area contributed by atoms with E-state index in [1.807, 2.05) is 86.4 Å². The van der Waals surface area contributed by atoms with Gasteiger partial charge in [0, 0.05) is 21.5 Å². The molecule has 2 aromatic rings. The van der Waals surface area contributed by atoms with E-state index in [4.69, 9.17) is 4.74 Å². The molecule has 0 aliphatic carbocycles. The van der Waals surface area contributed by atoms with Crippen LogP contribution in [0.5, 0.6) is 0 Å². The molecule has 0 bridgehead atoms. The van der Waals surface area contributed by atoms with Gasteiger partial charge in [-0.3, -0.25) is 9.59 Å². The minimum Gasteiger partial charge on any atom is -0.465 e. The van der Waals surface area contributed by atoms with Gasteiger partial charge in [-0.15, -0.1) is 0 Å². The number of carbonyl (C=O) groups is 2. The quantitative estimate of drug-likeness (QED) is 0.511. The van der Waals surface area contributed by atoms with Gasteiger partial charge in [-0.1, -0.05) is 79.2 Å². The molecule has 4 rings (SSSR count). The fraction of sp³-hybridized carbons (Fsp3) is 0.370. The molecule has 33 heavy (non-hydrogen) atoms. The van der Waals surface area contributed by atoms with Gasteiger partial charge in [0.2, 0.25) is 0 Å². The average molecular weight is 507 g/mol. The van der Waals surface area contributed by atoms with Crippen molar-refractivity contribution in [2.24, 2.45) is 10.8 Å². The Kier molecular flexibility index (Phi) is 5.96. The summed E-state index contributed by atoms with van der Waals surface area (Å²) in [5.41, 5.74) is 0.290. The highest BCUT2D eigenvalue weighted by molar-refractivity contribution is 9.10. The van der Waals surface area contributed by atoms with Crippen molar-refractivity contribution in [3.05, 3.63) is 70.2 Å². The maximum Gasteiger partial charge on any atom is 0.329 e. The summed E-state index contributed by atoms with van der Waals surface area (Å²) in [7, 11) is 0. The monoisotopic (exact) mass is 506 g/mol. The molecular formula is C27H27BrN2O3. The van der Waals surface area contributed by atoms with Gasteiger partial charge in [0.25, 0.3) is 0 Å². The third-order valence-corrected chi connectivity index (χ3v) is 7.11. The summed E-state index contributed by atoms with van der Waals surface area (Å²) in [4.78, 5) is 29.6. The SMILES string of the molecule is CCOC(=O)[C@]1(C#N)[C@H](c2ccc(Br)cc2)[C@H](C(=O)C(C)(C)C)N2c3ccccc3C=C[C@H]21. The van der Waals surface area contributed by atoms with E-state index in [9.17, 15) is 14.9 Å². The molecule has 6 heteroatoms. The van der Waals surface area contributed by atoms with E-state index in [1.165, 1.54) is 0 Å². The summed E-state index contributed by atoms with van der Waals surface area (Å²) in [5, 5.41) is 10.7. The normalized spacial score (nSPS) is 25.7. The molecule has 1 fully saturated rings. The van der Waals surface area contributed by atoms with Crippen molar-refractivity contribution in [2.45, 2.75) is 45.7 Å². The molecule has 0 radical (unpaired) electrons. The number of hydrogen-bond acceptors (Lipinski definition) is 5. The predicted octanol–water partition coefficient (Wildman–Crippen LogP) is 5.51. The third-order valence-electron chi connectivity index (χ3n) is 6.58. The second kappa shape index (κ2) is 8.46. The highest BCUT2D eigenvalue weighted by atomic mass is 79.9. The summed E-state index contributed by atoms with van der Waals surface area (Å²) < 4.78 is 6.38. The first-order chi connectivity index (χ1) is 15.7. The van der Waals surface area contributed by atoms with Crippen molar-refractivity contribution < 1.29 is 14.3 Å². The number of nitrogens with zero attached hydrogens (tertiary/aromatic N) is 2. The molecule has 0 saturated carbocycles. The van der Waals surface area contributed by atoms with Crippen molar-refractivity contribution in [2.75, 3.05) is 11.5 Å². The minimum atomic E-state index is -1.58. The number of Topliss-reactive ketones (excluding diaryl/α,β-unsaturated/α-hetero) is 1. The summed E-state index contributed by atoms with van der Waals surface area (Å²) in [6.45, 7) is 7.52. The minimum absolute atomic E-state index is 0.0213. The molecule has 0 spiro atoms. The number of ketones is 1. The Bertz CT molecular complexity index is 1160. The van der Waals surface area contributed by atoms with Gasteiger partial charge in [0.15, 0.2) is 11.2 Å². The topological polar surface area (TPSA) is 70.4 Å². The zero-order chi connectivity index (χ0) is 24.0. The molecule has 1 saturated heterocycles. The van der Waals surface area contributed by atoms with Crippen molar-refractivity contribution in [1.82, 2.24) is 0 Å². The van der Waals surface area contributed by atoms with Gasteiger partial charge in [0.05, 0.1) is 24.8 Å². The van der Waals surface area contributed by atoms with E-state index in [1.54, 1.807) is 6.92 Å². The van der Waals surface area contributed by atoms with Crippen LogP contribution in [-0.2, 0) is 14.3 Å². The second-order valence-corrected chi connectivity index (χ2v) is 10.5. The standard InChI is InChI=1S/C27H27BrN2O3/c1-5-33-25(32)27(16-29)21-15-12-17-8-6-7-9-20(17)30(21)23(24(31)26(2,3)4)22(27)18-10-13-19(28)14-11-18/h6-15,21-23H,5H2,1-4H3/t21-,22+,23+,27-/m0/s1. The molecule has 2 heterocycles. The van der Waals surface area contributed by atoms with E-state index in [0.717, 1.165) is 21.3 Å². The van der Waals surface area contributed by atoms with Crippen LogP contribution in [0.1, 0.15) is 44.7 Å². The maximum absolute atomic E-state index is 14.0. The number of fused-ring (bicyclic) bond motifs is 3. The highest BCUT2D eigenvalue weighted by Gasteiger charge is 2.67. The summed E-state index contributed by atoms with van der Waals surface area (Å²) in [6, 6.07) is 16.3. The number of benzene rings is 2. The molecule has 2 aliphatic heterocycles. The Morgan fingerprint density at radius 1 is 1.15 bits per heavy atom. The van der Waals surface area contributed by atoms with Crippen LogP contribution in [0.25, 0.3) is 6.08 Å². The number of carbonyl (C=O) groups excluding carboxylic acids is 2. The van der Waals surface area contributed by atoms with Crippen molar-refractivity contribution in [1.29, 1.82) is 5.26 Å². The lowest BCUT2D eigenvalue weighted by Gasteiger charge is -2.37. The van der Waals surface area contributed by atoms with Crippen LogP contribution in [-0.4, -0.2) is 30.4 Å². The lowest BCUT2D eigenvalue weighted by molar-refractivity contribution is -0.152. The zero-order valence-electron chi connectivity index (χ0n) is 19.2. The molecular weight excluding hydrogens is 480 g/mol. The lowest BCUT2D eigenvalue weighted by Crippen LogP contribution is -2.48. The Balaban J connectivity index is 2.05. The molecule has 0 N–H and O–H groups in total. The predicted molar refractivity (Wildman–Crippen MR) is 132 cm³/mol. The van der Waals surface area contributed by atoms with Crippen LogP contribution in [0, 0.1) is 22.2 Å². The maximum atomic E-state index is 14.0. The Hall–Kier alpha value is -2.91. The molecule has 4 atom stereocenters.